The predicted octanol–water partition coefficient (Wildman–Crippen LogP) is 0.508. The van der Waals surface area contributed by atoms with Crippen LogP contribution < -0.4 is 10.6 Å². The van der Waals surface area contributed by atoms with Crippen molar-refractivity contribution in [3.05, 3.63) is 58.7 Å². The van der Waals surface area contributed by atoms with Crippen LogP contribution in [-0.2, 0) is 19.2 Å². The van der Waals surface area contributed by atoms with E-state index in [0.717, 1.165) is 12.1 Å². The number of hydrogen-bond acceptors (Lipinski definition) is 6. The number of aliphatic carboxylic acids is 2. The van der Waals surface area contributed by atoms with Crippen molar-refractivity contribution in [1.29, 1.82) is 0 Å². The number of anilines is 2. The number of fused-ring (bicyclic) bond motifs is 2. The summed E-state index contributed by atoms with van der Waals surface area (Å²) in [6, 6.07) is 8.03. The fourth-order valence-corrected chi connectivity index (χ4v) is 2.70. The Balaban J connectivity index is 2.17. The molecular weight excluding hydrogens is 372 g/mol. The Labute approximate surface area is 155 Å². The fourth-order valence-electron chi connectivity index (χ4n) is 2.70. The second kappa shape index (κ2) is 6.76. The summed E-state index contributed by atoms with van der Waals surface area (Å²) in [6.07, 6.45) is 0. The largest absolute Gasteiger partial charge is 0.474 e. The fraction of sp³-hybridized carbons (Fsp3) is 0. The van der Waals surface area contributed by atoms with E-state index in [0.29, 0.717) is 0 Å². The second-order valence-corrected chi connectivity index (χ2v) is 5.67. The number of carbonyl (C=O) groups excluding carboxylic acids is 4. The van der Waals surface area contributed by atoms with Gasteiger partial charge >= 0.3 is 23.8 Å². The molecule has 0 aliphatic heterocycles. The van der Waals surface area contributed by atoms with Gasteiger partial charge in [-0.2, -0.15) is 0 Å². The number of carboxylic acids is 2. The first-order chi connectivity index (χ1) is 13.2. The second-order valence-electron chi connectivity index (χ2n) is 5.67. The Bertz CT molecular complexity index is 1020. The molecule has 1 aliphatic rings. The van der Waals surface area contributed by atoms with Gasteiger partial charge in [0.1, 0.15) is 0 Å². The van der Waals surface area contributed by atoms with Crippen molar-refractivity contribution in [3.63, 3.8) is 0 Å². The minimum Gasteiger partial charge on any atom is -0.474 e. The molecule has 0 bridgehead atoms. The Morgan fingerprint density at radius 1 is 0.643 bits per heavy atom. The molecule has 0 spiro atoms. The summed E-state index contributed by atoms with van der Waals surface area (Å²) in [4.78, 5) is 70.0. The summed E-state index contributed by atoms with van der Waals surface area (Å²) in [7, 11) is 0. The molecule has 140 valence electrons. The van der Waals surface area contributed by atoms with Crippen molar-refractivity contribution in [2.24, 2.45) is 0 Å². The third-order valence-electron chi connectivity index (χ3n) is 3.95. The van der Waals surface area contributed by atoms with Crippen LogP contribution >= 0.6 is 0 Å². The number of ketones is 2. The topological polar surface area (TPSA) is 167 Å². The molecule has 2 aromatic rings. The number of amides is 2. The smallest absolute Gasteiger partial charge is 0.394 e. The van der Waals surface area contributed by atoms with Crippen LogP contribution in [0.15, 0.2) is 36.4 Å². The lowest BCUT2D eigenvalue weighted by atomic mass is 9.83. The summed E-state index contributed by atoms with van der Waals surface area (Å²) in [5.74, 6) is -7.76. The van der Waals surface area contributed by atoms with Crippen LogP contribution in [-0.4, -0.2) is 45.5 Å². The van der Waals surface area contributed by atoms with Crippen LogP contribution in [0.2, 0.25) is 0 Å². The van der Waals surface area contributed by atoms with Gasteiger partial charge in [0.2, 0.25) is 0 Å². The number of rotatable bonds is 2. The van der Waals surface area contributed by atoms with Crippen LogP contribution in [0.1, 0.15) is 31.8 Å². The van der Waals surface area contributed by atoms with Gasteiger partial charge in [-0.15, -0.1) is 0 Å². The lowest BCUT2D eigenvalue weighted by molar-refractivity contribution is -0.147. The number of carbonyl (C=O) groups is 6. The molecule has 10 heteroatoms. The lowest BCUT2D eigenvalue weighted by Gasteiger charge is -2.20. The number of nitrogens with one attached hydrogen (secondary N) is 2. The average molecular weight is 382 g/mol. The van der Waals surface area contributed by atoms with Crippen LogP contribution in [0.3, 0.4) is 0 Å². The van der Waals surface area contributed by atoms with Gasteiger partial charge in [-0.1, -0.05) is 24.3 Å². The first-order valence-electron chi connectivity index (χ1n) is 7.65. The van der Waals surface area contributed by atoms with E-state index < -0.39 is 35.3 Å². The van der Waals surface area contributed by atoms with Gasteiger partial charge in [0, 0.05) is 22.3 Å². The summed E-state index contributed by atoms with van der Waals surface area (Å²) in [5.41, 5.74) is -0.700. The molecule has 0 saturated heterocycles. The van der Waals surface area contributed by atoms with E-state index in [1.54, 1.807) is 12.1 Å². The maximum Gasteiger partial charge on any atom is 0.394 e. The van der Waals surface area contributed by atoms with Gasteiger partial charge in [0.25, 0.3) is 0 Å². The molecule has 0 saturated carbocycles. The van der Waals surface area contributed by atoms with Gasteiger partial charge in [-0.25, -0.2) is 9.59 Å². The van der Waals surface area contributed by atoms with Crippen LogP contribution in [0.5, 0.6) is 0 Å². The van der Waals surface area contributed by atoms with E-state index in [1.807, 2.05) is 10.6 Å². The van der Waals surface area contributed by atoms with Gasteiger partial charge in [-0.05, 0) is 12.1 Å². The standard InChI is InChI=1S/C18H10N2O8/c21-13-7-3-1-2-4-8(7)14(22)10-6-12(20-16(24)18(27)28)11(5-9(10)13)19-15(23)17(25)26/h1-6H,(H,19,23)(H,20,24)(H,25,26)(H,27,28). The quantitative estimate of drug-likeness (QED) is 0.465. The Kier molecular flexibility index (Phi) is 4.45. The number of benzene rings is 2. The molecule has 1 aliphatic carbocycles. The van der Waals surface area contributed by atoms with Gasteiger partial charge < -0.3 is 20.8 Å². The first kappa shape index (κ1) is 18.5. The zero-order valence-corrected chi connectivity index (χ0v) is 13.8. The minimum absolute atomic E-state index is 0.123. The molecule has 28 heavy (non-hydrogen) atoms. The molecule has 0 radical (unpaired) electrons. The highest BCUT2D eigenvalue weighted by Gasteiger charge is 2.31. The van der Waals surface area contributed by atoms with E-state index in [1.165, 1.54) is 12.1 Å². The molecular formula is C18H10N2O8. The third kappa shape index (κ3) is 3.09. The van der Waals surface area contributed by atoms with Crippen molar-refractivity contribution in [3.8, 4) is 0 Å². The molecule has 10 nitrogen and oxygen atoms in total. The normalized spacial score (nSPS) is 11.9. The van der Waals surface area contributed by atoms with E-state index >= 15 is 0 Å². The number of carboxylic acid groups (broad SMARTS) is 2. The van der Waals surface area contributed by atoms with Crippen molar-refractivity contribution in [2.45, 2.75) is 0 Å². The van der Waals surface area contributed by atoms with Crippen molar-refractivity contribution < 1.29 is 39.0 Å². The maximum absolute atomic E-state index is 12.7. The zero-order valence-electron chi connectivity index (χ0n) is 13.8. The lowest BCUT2D eigenvalue weighted by Crippen LogP contribution is -2.27. The summed E-state index contributed by atoms with van der Waals surface area (Å²) in [5, 5.41) is 21.4. The monoisotopic (exact) mass is 382 g/mol. The Morgan fingerprint density at radius 2 is 1.00 bits per heavy atom. The van der Waals surface area contributed by atoms with E-state index in [2.05, 4.69) is 0 Å². The molecule has 3 rings (SSSR count). The van der Waals surface area contributed by atoms with Crippen LogP contribution in [0.25, 0.3) is 0 Å². The molecule has 0 unspecified atom stereocenters. The third-order valence-corrected chi connectivity index (χ3v) is 3.95. The van der Waals surface area contributed by atoms with E-state index in [9.17, 15) is 28.8 Å². The maximum atomic E-state index is 12.7. The first-order valence-corrected chi connectivity index (χ1v) is 7.65. The molecule has 0 heterocycles. The summed E-state index contributed by atoms with van der Waals surface area (Å²) >= 11 is 0. The van der Waals surface area contributed by atoms with Crippen molar-refractivity contribution in [1.82, 2.24) is 0 Å². The summed E-state index contributed by atoms with van der Waals surface area (Å²) < 4.78 is 0. The van der Waals surface area contributed by atoms with Crippen LogP contribution in [0.4, 0.5) is 11.4 Å². The van der Waals surface area contributed by atoms with Gasteiger partial charge in [0.15, 0.2) is 11.6 Å². The molecule has 4 N–H and O–H groups in total. The highest BCUT2D eigenvalue weighted by molar-refractivity contribution is 6.39. The average Bonchev–Trinajstić information content (AvgIpc) is 2.66. The Morgan fingerprint density at radius 3 is 1.32 bits per heavy atom. The minimum atomic E-state index is -1.85. The molecule has 0 aromatic heterocycles. The molecule has 0 fully saturated rings. The SMILES string of the molecule is O=C(O)C(=O)Nc1cc2c(cc1NC(=O)C(=O)O)C(=O)c1ccccc1C2=O. The van der Waals surface area contributed by atoms with E-state index in [4.69, 9.17) is 10.2 Å². The van der Waals surface area contributed by atoms with Crippen molar-refractivity contribution >= 4 is 46.7 Å². The predicted molar refractivity (Wildman–Crippen MR) is 92.3 cm³/mol. The molecule has 0 atom stereocenters. The van der Waals surface area contributed by atoms with Gasteiger partial charge in [0.05, 0.1) is 11.4 Å². The highest BCUT2D eigenvalue weighted by atomic mass is 16.4. The summed E-state index contributed by atoms with van der Waals surface area (Å²) in [6.45, 7) is 0. The van der Waals surface area contributed by atoms with Gasteiger partial charge in [-0.3, -0.25) is 19.2 Å². The molecule has 2 aromatic carbocycles. The van der Waals surface area contributed by atoms with Crippen molar-refractivity contribution in [2.75, 3.05) is 10.6 Å². The number of hydrogen-bond donors (Lipinski definition) is 4. The highest BCUT2D eigenvalue weighted by Crippen LogP contribution is 2.33. The van der Waals surface area contributed by atoms with Crippen LogP contribution in [0, 0.1) is 0 Å². The molecule has 2 amide bonds. The Hall–Kier alpha value is -4.34. The zero-order chi connectivity index (χ0) is 20.6. The van der Waals surface area contributed by atoms with E-state index in [-0.39, 0.29) is 33.6 Å².